The average Bonchev–Trinajstić information content (AvgIpc) is 3.09. The predicted octanol–water partition coefficient (Wildman–Crippen LogP) is 2.89. The molecule has 1 atom stereocenters. The van der Waals surface area contributed by atoms with Crippen molar-refractivity contribution in [1.82, 2.24) is 0 Å². The summed E-state index contributed by atoms with van der Waals surface area (Å²) in [6.45, 7) is 0.729. The molecule has 18 heavy (non-hydrogen) atoms. The molecular weight excluding hydrogens is 253 g/mol. The molecule has 0 amide bonds. The van der Waals surface area contributed by atoms with E-state index in [2.05, 4.69) is 0 Å². The van der Waals surface area contributed by atoms with Gasteiger partial charge in [-0.15, -0.1) is 0 Å². The minimum atomic E-state index is -1.30. The van der Waals surface area contributed by atoms with Crippen LogP contribution in [0.15, 0.2) is 12.1 Å². The summed E-state index contributed by atoms with van der Waals surface area (Å²) in [4.78, 5) is 0. The van der Waals surface area contributed by atoms with Crippen molar-refractivity contribution in [2.45, 2.75) is 31.4 Å². The van der Waals surface area contributed by atoms with Crippen molar-refractivity contribution in [3.05, 3.63) is 28.3 Å². The van der Waals surface area contributed by atoms with Crippen LogP contribution in [0.4, 0.5) is 4.39 Å². The highest BCUT2D eigenvalue weighted by molar-refractivity contribution is 6.30. The second kappa shape index (κ2) is 4.39. The standard InChI is InChI=1S/C14H17ClFNO/c15-12-5-9-3-4-18-13(9)10(6-12)7-14(16,8-17)11-1-2-11/h5-6,11H,1-4,7-8,17H2. The Bertz CT molecular complexity index is 475. The van der Waals surface area contributed by atoms with E-state index in [0.717, 1.165) is 36.1 Å². The van der Waals surface area contributed by atoms with Gasteiger partial charge in [0.15, 0.2) is 0 Å². The second-order valence-corrected chi connectivity index (χ2v) is 5.78. The first-order valence-electron chi connectivity index (χ1n) is 6.45. The summed E-state index contributed by atoms with van der Waals surface area (Å²) >= 11 is 6.09. The van der Waals surface area contributed by atoms with Crippen LogP contribution in [0.2, 0.25) is 5.02 Å². The third-order valence-electron chi connectivity index (χ3n) is 3.96. The van der Waals surface area contributed by atoms with E-state index in [0.29, 0.717) is 18.1 Å². The van der Waals surface area contributed by atoms with Gasteiger partial charge in [-0.05, 0) is 42.0 Å². The van der Waals surface area contributed by atoms with Gasteiger partial charge in [0.05, 0.1) is 6.61 Å². The topological polar surface area (TPSA) is 35.2 Å². The van der Waals surface area contributed by atoms with Gasteiger partial charge in [0.25, 0.3) is 0 Å². The lowest BCUT2D eigenvalue weighted by Crippen LogP contribution is -2.37. The number of hydrogen-bond acceptors (Lipinski definition) is 2. The Kier molecular flexibility index (Phi) is 2.99. The largest absolute Gasteiger partial charge is 0.493 e. The lowest BCUT2D eigenvalue weighted by molar-refractivity contribution is 0.141. The Morgan fingerprint density at radius 2 is 2.22 bits per heavy atom. The number of fused-ring (bicyclic) bond motifs is 1. The molecule has 1 fully saturated rings. The average molecular weight is 270 g/mol. The van der Waals surface area contributed by atoms with E-state index in [1.807, 2.05) is 12.1 Å². The van der Waals surface area contributed by atoms with Crippen molar-refractivity contribution < 1.29 is 9.13 Å². The highest BCUT2D eigenvalue weighted by atomic mass is 35.5. The summed E-state index contributed by atoms with van der Waals surface area (Å²) in [5.74, 6) is 0.939. The number of benzene rings is 1. The van der Waals surface area contributed by atoms with Crippen LogP contribution in [0.5, 0.6) is 5.75 Å². The van der Waals surface area contributed by atoms with E-state index < -0.39 is 5.67 Å². The summed E-state index contributed by atoms with van der Waals surface area (Å²) in [6, 6.07) is 3.73. The fourth-order valence-corrected chi connectivity index (χ4v) is 3.04. The molecule has 0 aromatic heterocycles. The SMILES string of the molecule is NCC(F)(Cc1cc(Cl)cc2c1OCC2)C1CC1. The van der Waals surface area contributed by atoms with E-state index in [9.17, 15) is 4.39 Å². The maximum atomic E-state index is 14.8. The van der Waals surface area contributed by atoms with Crippen molar-refractivity contribution in [2.24, 2.45) is 11.7 Å². The zero-order chi connectivity index (χ0) is 12.8. The molecule has 3 rings (SSSR count). The van der Waals surface area contributed by atoms with Crippen LogP contribution in [0, 0.1) is 5.92 Å². The van der Waals surface area contributed by atoms with Crippen molar-refractivity contribution in [1.29, 1.82) is 0 Å². The van der Waals surface area contributed by atoms with Crippen molar-refractivity contribution >= 4 is 11.6 Å². The lowest BCUT2D eigenvalue weighted by Gasteiger charge is -2.24. The number of halogens is 2. The van der Waals surface area contributed by atoms with Crippen LogP contribution in [0.3, 0.4) is 0 Å². The normalized spacial score (nSPS) is 21.3. The molecule has 1 saturated carbocycles. The fraction of sp³-hybridized carbons (Fsp3) is 0.571. The number of ether oxygens (including phenoxy) is 1. The molecule has 1 aliphatic heterocycles. The summed E-state index contributed by atoms with van der Waals surface area (Å²) < 4.78 is 20.4. The van der Waals surface area contributed by atoms with Crippen molar-refractivity contribution in [2.75, 3.05) is 13.2 Å². The van der Waals surface area contributed by atoms with Crippen LogP contribution >= 0.6 is 11.6 Å². The van der Waals surface area contributed by atoms with E-state index in [4.69, 9.17) is 22.1 Å². The molecule has 0 spiro atoms. The zero-order valence-corrected chi connectivity index (χ0v) is 11.0. The number of rotatable bonds is 4. The number of nitrogens with two attached hydrogens (primary N) is 1. The first kappa shape index (κ1) is 12.2. The van der Waals surface area contributed by atoms with Crippen molar-refractivity contribution in [3.63, 3.8) is 0 Å². The van der Waals surface area contributed by atoms with Crippen LogP contribution in [-0.4, -0.2) is 18.8 Å². The van der Waals surface area contributed by atoms with Crippen LogP contribution < -0.4 is 10.5 Å². The number of alkyl halides is 1. The lowest BCUT2D eigenvalue weighted by atomic mass is 9.90. The second-order valence-electron chi connectivity index (χ2n) is 5.34. The molecule has 2 aliphatic rings. The Labute approximate surface area is 111 Å². The fourth-order valence-electron chi connectivity index (χ4n) is 2.78. The van der Waals surface area contributed by atoms with Gasteiger partial charge in [0.1, 0.15) is 11.4 Å². The third-order valence-corrected chi connectivity index (χ3v) is 4.18. The molecule has 0 saturated heterocycles. The van der Waals surface area contributed by atoms with E-state index in [1.165, 1.54) is 0 Å². The summed E-state index contributed by atoms with van der Waals surface area (Å²) in [5.41, 5.74) is 6.29. The summed E-state index contributed by atoms with van der Waals surface area (Å²) in [6.07, 6.45) is 3.06. The van der Waals surface area contributed by atoms with E-state index in [-0.39, 0.29) is 12.5 Å². The first-order valence-corrected chi connectivity index (χ1v) is 6.83. The smallest absolute Gasteiger partial charge is 0.130 e. The van der Waals surface area contributed by atoms with Crippen LogP contribution in [0.25, 0.3) is 0 Å². The predicted molar refractivity (Wildman–Crippen MR) is 70.0 cm³/mol. The Hall–Kier alpha value is -0.800. The molecule has 0 radical (unpaired) electrons. The minimum Gasteiger partial charge on any atom is -0.493 e. The van der Waals surface area contributed by atoms with Crippen molar-refractivity contribution in [3.8, 4) is 5.75 Å². The molecule has 2 N–H and O–H groups in total. The molecule has 1 aromatic rings. The monoisotopic (exact) mass is 269 g/mol. The summed E-state index contributed by atoms with van der Waals surface area (Å²) in [7, 11) is 0. The molecule has 2 nitrogen and oxygen atoms in total. The molecule has 1 aromatic carbocycles. The zero-order valence-electron chi connectivity index (χ0n) is 10.2. The first-order chi connectivity index (χ1) is 8.62. The van der Waals surface area contributed by atoms with Gasteiger partial charge in [-0.2, -0.15) is 0 Å². The van der Waals surface area contributed by atoms with Gasteiger partial charge in [-0.1, -0.05) is 11.6 Å². The van der Waals surface area contributed by atoms with Gasteiger partial charge in [-0.25, -0.2) is 4.39 Å². The molecule has 4 heteroatoms. The minimum absolute atomic E-state index is 0.0684. The van der Waals surface area contributed by atoms with Gasteiger partial charge in [0.2, 0.25) is 0 Å². The molecular formula is C14H17ClFNO. The van der Waals surface area contributed by atoms with Crippen LogP contribution in [0.1, 0.15) is 24.0 Å². The number of hydrogen-bond donors (Lipinski definition) is 1. The van der Waals surface area contributed by atoms with E-state index in [1.54, 1.807) is 0 Å². The van der Waals surface area contributed by atoms with Gasteiger partial charge < -0.3 is 10.5 Å². The van der Waals surface area contributed by atoms with Crippen LogP contribution in [-0.2, 0) is 12.8 Å². The highest BCUT2D eigenvalue weighted by Gasteiger charge is 2.45. The Balaban J connectivity index is 1.92. The maximum absolute atomic E-state index is 14.8. The Morgan fingerprint density at radius 1 is 1.44 bits per heavy atom. The maximum Gasteiger partial charge on any atom is 0.130 e. The third kappa shape index (κ3) is 2.10. The molecule has 1 aliphatic carbocycles. The van der Waals surface area contributed by atoms with Gasteiger partial charge >= 0.3 is 0 Å². The van der Waals surface area contributed by atoms with E-state index >= 15 is 0 Å². The molecule has 0 bridgehead atoms. The molecule has 1 heterocycles. The molecule has 1 unspecified atom stereocenters. The highest BCUT2D eigenvalue weighted by Crippen LogP contribution is 2.45. The Morgan fingerprint density at radius 3 is 2.89 bits per heavy atom. The molecule has 98 valence electrons. The van der Waals surface area contributed by atoms with Gasteiger partial charge in [0, 0.05) is 24.4 Å². The van der Waals surface area contributed by atoms with Gasteiger partial charge in [-0.3, -0.25) is 0 Å². The summed E-state index contributed by atoms with van der Waals surface area (Å²) in [5, 5.41) is 0.657. The quantitative estimate of drug-likeness (QED) is 0.912.